The van der Waals surface area contributed by atoms with Crippen LogP contribution in [0.5, 0.6) is 11.5 Å². The molecule has 1 aliphatic carbocycles. The van der Waals surface area contributed by atoms with Crippen LogP contribution in [0, 0.1) is 27.7 Å². The molecule has 4 aromatic carbocycles. The van der Waals surface area contributed by atoms with E-state index in [-0.39, 0.29) is 0 Å². The average molecular weight is 543 g/mol. The first-order valence-electron chi connectivity index (χ1n) is 13.6. The van der Waals surface area contributed by atoms with E-state index in [2.05, 4.69) is 89.4 Å². The minimum Gasteiger partial charge on any atom is -0.423 e. The number of carbonyl (C=O) groups excluding carboxylic acids is 2. The number of hydrogen-bond donors (Lipinski definition) is 0. The lowest BCUT2D eigenvalue weighted by Gasteiger charge is -2.38. The Hall–Kier alpha value is -4.70. The molecule has 0 saturated carbocycles. The largest absolute Gasteiger partial charge is 0.423 e. The summed E-state index contributed by atoms with van der Waals surface area (Å²) in [5, 5.41) is 0. The molecule has 0 fully saturated rings. The predicted octanol–water partition coefficient (Wildman–Crippen LogP) is 8.25. The first-order valence-corrected chi connectivity index (χ1v) is 13.6. The zero-order chi connectivity index (χ0) is 29.6. The fourth-order valence-electron chi connectivity index (χ4n) is 6.44. The van der Waals surface area contributed by atoms with Crippen LogP contribution in [0.2, 0.25) is 0 Å². The van der Waals surface area contributed by atoms with Crippen molar-refractivity contribution in [1.29, 1.82) is 0 Å². The van der Waals surface area contributed by atoms with E-state index in [4.69, 9.17) is 9.47 Å². The van der Waals surface area contributed by atoms with Gasteiger partial charge in [-0.15, -0.1) is 0 Å². The van der Waals surface area contributed by atoms with Crippen molar-refractivity contribution in [3.63, 3.8) is 0 Å². The van der Waals surface area contributed by atoms with Gasteiger partial charge in [0, 0.05) is 11.1 Å². The zero-order valence-electron chi connectivity index (χ0n) is 24.5. The van der Waals surface area contributed by atoms with E-state index in [1.807, 2.05) is 24.3 Å². The Kier molecular flexibility index (Phi) is 7.04. The third kappa shape index (κ3) is 4.50. The number of aryl methyl sites for hydroxylation is 4. The van der Waals surface area contributed by atoms with Gasteiger partial charge in [0.05, 0.1) is 5.41 Å². The highest BCUT2D eigenvalue weighted by Gasteiger charge is 2.49. The van der Waals surface area contributed by atoms with E-state index in [0.29, 0.717) is 22.6 Å². The molecule has 0 unspecified atom stereocenters. The molecule has 0 bridgehead atoms. The van der Waals surface area contributed by atoms with Crippen LogP contribution in [0.15, 0.2) is 97.1 Å². The van der Waals surface area contributed by atoms with Gasteiger partial charge in [0.1, 0.15) is 11.5 Å². The summed E-state index contributed by atoms with van der Waals surface area (Å²) in [6.07, 6.45) is 0. The highest BCUT2D eigenvalue weighted by atomic mass is 16.5. The summed E-state index contributed by atoms with van der Waals surface area (Å²) >= 11 is 0. The van der Waals surface area contributed by atoms with Crippen molar-refractivity contribution in [1.82, 2.24) is 0 Å². The number of fused-ring (bicyclic) bond motifs is 3. The molecule has 5 rings (SSSR count). The monoisotopic (exact) mass is 542 g/mol. The lowest BCUT2D eigenvalue weighted by Crippen LogP contribution is -2.32. The number of hydrogen-bond acceptors (Lipinski definition) is 4. The van der Waals surface area contributed by atoms with E-state index in [9.17, 15) is 9.59 Å². The van der Waals surface area contributed by atoms with Crippen molar-refractivity contribution >= 4 is 11.9 Å². The van der Waals surface area contributed by atoms with Gasteiger partial charge in [-0.2, -0.15) is 0 Å². The number of rotatable bonds is 6. The second-order valence-electron chi connectivity index (χ2n) is 11.0. The maximum Gasteiger partial charge on any atom is 0.338 e. The third-order valence-electron chi connectivity index (χ3n) is 7.83. The number of carbonyl (C=O) groups is 2. The summed E-state index contributed by atoms with van der Waals surface area (Å²) in [7, 11) is 0. The van der Waals surface area contributed by atoms with Gasteiger partial charge < -0.3 is 9.47 Å². The molecule has 4 nitrogen and oxygen atoms in total. The van der Waals surface area contributed by atoms with Crippen molar-refractivity contribution in [3.05, 3.63) is 142 Å². The standard InChI is InChI=1S/C37H34O4/c1-21(2)35(38)40-27-17-23(5)33(24(6)18-27)37(31-15-11-9-13-29(31)30-14-10-12-16-32(30)37)34-25(7)19-28(20-26(34)8)41-36(39)22(3)4/h9-20H,1,3H2,2,4-8H3. The van der Waals surface area contributed by atoms with Crippen LogP contribution in [0.1, 0.15) is 58.4 Å². The summed E-state index contributed by atoms with van der Waals surface area (Å²) in [5.41, 5.74) is 11.0. The van der Waals surface area contributed by atoms with Crippen molar-refractivity contribution in [2.24, 2.45) is 0 Å². The van der Waals surface area contributed by atoms with Crippen LogP contribution in [-0.2, 0) is 15.0 Å². The summed E-state index contributed by atoms with van der Waals surface area (Å²) in [4.78, 5) is 24.7. The average Bonchev–Trinajstić information content (AvgIpc) is 3.19. The quantitative estimate of drug-likeness (QED) is 0.123. The Labute approximate surface area is 242 Å². The summed E-state index contributed by atoms with van der Waals surface area (Å²) < 4.78 is 11.3. The minimum absolute atomic E-state index is 0.346. The molecule has 206 valence electrons. The van der Waals surface area contributed by atoms with Crippen molar-refractivity contribution in [3.8, 4) is 22.6 Å². The van der Waals surface area contributed by atoms with Gasteiger partial charge in [-0.3, -0.25) is 0 Å². The molecule has 4 heteroatoms. The van der Waals surface area contributed by atoms with Crippen LogP contribution in [0.4, 0.5) is 0 Å². The van der Waals surface area contributed by atoms with E-state index in [1.165, 1.54) is 22.3 Å². The maximum atomic E-state index is 12.4. The topological polar surface area (TPSA) is 52.6 Å². The lowest BCUT2D eigenvalue weighted by molar-refractivity contribution is -0.130. The molecular formula is C37H34O4. The summed E-state index contributed by atoms with van der Waals surface area (Å²) in [6, 6.07) is 24.8. The molecule has 0 radical (unpaired) electrons. The lowest BCUT2D eigenvalue weighted by atomic mass is 9.63. The van der Waals surface area contributed by atoms with E-state index < -0.39 is 17.4 Å². The normalized spacial score (nSPS) is 12.7. The van der Waals surface area contributed by atoms with Crippen LogP contribution in [0.3, 0.4) is 0 Å². The molecule has 0 amide bonds. The minimum atomic E-state index is -0.663. The number of esters is 2. The first kappa shape index (κ1) is 27.9. The van der Waals surface area contributed by atoms with Crippen LogP contribution >= 0.6 is 0 Å². The highest BCUT2D eigenvalue weighted by Crippen LogP contribution is 2.59. The van der Waals surface area contributed by atoms with Crippen molar-refractivity contribution in [2.45, 2.75) is 47.0 Å². The maximum absolute atomic E-state index is 12.4. The zero-order valence-corrected chi connectivity index (χ0v) is 24.5. The molecule has 0 spiro atoms. The molecule has 1 aliphatic rings. The Bertz CT molecular complexity index is 1590. The van der Waals surface area contributed by atoms with Crippen molar-refractivity contribution < 1.29 is 19.1 Å². The molecule has 0 aromatic heterocycles. The Morgan fingerprint density at radius 3 is 1.22 bits per heavy atom. The van der Waals surface area contributed by atoms with Gasteiger partial charge in [-0.25, -0.2) is 9.59 Å². The fraction of sp³-hybridized carbons (Fsp3) is 0.189. The molecule has 0 atom stereocenters. The molecular weight excluding hydrogens is 508 g/mol. The predicted molar refractivity (Wildman–Crippen MR) is 164 cm³/mol. The summed E-state index contributed by atoms with van der Waals surface area (Å²) in [5.74, 6) is 0.0766. The Morgan fingerprint density at radius 1 is 0.585 bits per heavy atom. The molecule has 0 aliphatic heterocycles. The SMILES string of the molecule is C=C(C)C(=O)Oc1cc(C)c(C2(c3c(C)cc(OC(=O)C(=C)C)cc3C)c3ccccc3-c3ccccc32)c(C)c1. The van der Waals surface area contributed by atoms with E-state index >= 15 is 0 Å². The van der Waals surface area contributed by atoms with Crippen LogP contribution < -0.4 is 9.47 Å². The smallest absolute Gasteiger partial charge is 0.338 e. The summed E-state index contributed by atoms with van der Waals surface area (Å²) in [6.45, 7) is 19.0. The molecule has 41 heavy (non-hydrogen) atoms. The van der Waals surface area contributed by atoms with Crippen LogP contribution in [0.25, 0.3) is 11.1 Å². The van der Waals surface area contributed by atoms with E-state index in [0.717, 1.165) is 33.4 Å². The first-order chi connectivity index (χ1) is 19.5. The number of benzene rings is 4. The Balaban J connectivity index is 1.86. The Morgan fingerprint density at radius 2 is 0.902 bits per heavy atom. The molecule has 4 aromatic rings. The third-order valence-corrected chi connectivity index (χ3v) is 7.83. The van der Waals surface area contributed by atoms with Gasteiger partial charge in [0.15, 0.2) is 0 Å². The highest BCUT2D eigenvalue weighted by molar-refractivity contribution is 5.90. The van der Waals surface area contributed by atoms with Gasteiger partial charge in [-0.1, -0.05) is 61.7 Å². The van der Waals surface area contributed by atoms with Gasteiger partial charge in [0.25, 0.3) is 0 Å². The second-order valence-corrected chi connectivity index (χ2v) is 11.0. The molecule has 0 saturated heterocycles. The van der Waals surface area contributed by atoms with E-state index in [1.54, 1.807) is 13.8 Å². The molecule has 0 heterocycles. The second kappa shape index (κ2) is 10.4. The van der Waals surface area contributed by atoms with Gasteiger partial charge >= 0.3 is 11.9 Å². The van der Waals surface area contributed by atoms with Gasteiger partial charge in [0.2, 0.25) is 0 Å². The molecule has 0 N–H and O–H groups in total. The fourth-order valence-corrected chi connectivity index (χ4v) is 6.44. The number of ether oxygens (including phenoxy) is 2. The van der Waals surface area contributed by atoms with Crippen molar-refractivity contribution in [2.75, 3.05) is 0 Å². The van der Waals surface area contributed by atoms with Gasteiger partial charge in [-0.05, 0) is 121 Å². The van der Waals surface area contributed by atoms with Crippen LogP contribution in [-0.4, -0.2) is 11.9 Å².